The van der Waals surface area contributed by atoms with Crippen molar-refractivity contribution in [1.82, 2.24) is 29.2 Å². The van der Waals surface area contributed by atoms with E-state index >= 15 is 0 Å². The summed E-state index contributed by atoms with van der Waals surface area (Å²) < 4.78 is 2.64. The lowest BCUT2D eigenvalue weighted by molar-refractivity contribution is 0.101. The van der Waals surface area contributed by atoms with Gasteiger partial charge in [-0.25, -0.2) is 9.66 Å². The summed E-state index contributed by atoms with van der Waals surface area (Å²) in [4.78, 5) is 38.7. The van der Waals surface area contributed by atoms with E-state index in [0.29, 0.717) is 39.0 Å². The number of amides is 1. The van der Waals surface area contributed by atoms with Crippen molar-refractivity contribution in [3.63, 3.8) is 0 Å². The smallest absolute Gasteiger partial charge is 0.267 e. The molecule has 4 aromatic heterocycles. The lowest BCUT2D eigenvalue weighted by Crippen LogP contribution is -2.33. The van der Waals surface area contributed by atoms with E-state index in [9.17, 15) is 9.59 Å². The van der Waals surface area contributed by atoms with Crippen LogP contribution in [-0.4, -0.2) is 35.1 Å². The summed E-state index contributed by atoms with van der Waals surface area (Å²) in [5.41, 5.74) is 4.11. The number of nitrogens with one attached hydrogen (secondary N) is 1. The van der Waals surface area contributed by atoms with E-state index in [0.717, 1.165) is 4.68 Å². The number of fused-ring (bicyclic) bond motifs is 2. The van der Waals surface area contributed by atoms with Gasteiger partial charge in [0.2, 0.25) is 0 Å². The highest BCUT2D eigenvalue weighted by Gasteiger charge is 2.19. The van der Waals surface area contributed by atoms with Crippen molar-refractivity contribution in [3.05, 3.63) is 87.8 Å². The minimum atomic E-state index is -0.465. The molecule has 0 radical (unpaired) electrons. The highest BCUT2D eigenvalue weighted by Crippen LogP contribution is 2.27. The number of aryl methyl sites for hydroxylation is 1. The van der Waals surface area contributed by atoms with E-state index in [-0.39, 0.29) is 5.39 Å². The Labute approximate surface area is 179 Å². The molecule has 9 nitrogen and oxygen atoms in total. The molecule has 1 aromatic carbocycles. The SMILES string of the molecule is Cc1nc2nc3ccn(NC(=O)c4cccnc4)c(=O)c3c(-c3ccc(Cl)cc3)n2n1. The number of nitrogens with zero attached hydrogens (tertiary/aromatic N) is 6. The van der Waals surface area contributed by atoms with E-state index in [1.165, 1.54) is 16.9 Å². The second kappa shape index (κ2) is 7.29. The number of carbonyl (C=O) groups is 1. The first-order valence-electron chi connectivity index (χ1n) is 9.27. The standard InChI is InChI=1S/C21H14ClN7O2/c1-12-24-21-25-16-8-10-28(27-19(30)14-3-2-9-23-11-14)20(31)17(16)18(29(21)26-12)13-4-6-15(22)7-5-13/h2-11H,1H3,(H,27,30). The Morgan fingerprint density at radius 3 is 2.65 bits per heavy atom. The Kier molecular flexibility index (Phi) is 4.45. The van der Waals surface area contributed by atoms with Crippen molar-refractivity contribution in [1.29, 1.82) is 0 Å². The molecule has 0 saturated heterocycles. The molecular formula is C21H14ClN7O2. The molecule has 4 heterocycles. The van der Waals surface area contributed by atoms with Gasteiger partial charge in [0.05, 0.1) is 22.2 Å². The molecule has 0 fully saturated rings. The maximum Gasteiger partial charge on any atom is 0.280 e. The van der Waals surface area contributed by atoms with Crippen LogP contribution in [0.5, 0.6) is 0 Å². The average Bonchev–Trinajstić information content (AvgIpc) is 3.15. The van der Waals surface area contributed by atoms with Gasteiger partial charge in [-0.3, -0.25) is 20.0 Å². The molecule has 5 rings (SSSR count). The van der Waals surface area contributed by atoms with Crippen LogP contribution < -0.4 is 11.0 Å². The maximum absolute atomic E-state index is 13.4. The van der Waals surface area contributed by atoms with Crippen LogP contribution in [0.1, 0.15) is 16.2 Å². The average molecular weight is 432 g/mol. The van der Waals surface area contributed by atoms with Gasteiger partial charge in [-0.15, -0.1) is 5.10 Å². The summed E-state index contributed by atoms with van der Waals surface area (Å²) in [6, 6.07) is 11.9. The van der Waals surface area contributed by atoms with E-state index in [1.54, 1.807) is 55.6 Å². The van der Waals surface area contributed by atoms with Crippen LogP contribution in [0.3, 0.4) is 0 Å². The van der Waals surface area contributed by atoms with Crippen LogP contribution in [0.2, 0.25) is 5.02 Å². The van der Waals surface area contributed by atoms with Gasteiger partial charge < -0.3 is 0 Å². The zero-order chi connectivity index (χ0) is 21.5. The van der Waals surface area contributed by atoms with Crippen LogP contribution in [0.25, 0.3) is 27.9 Å². The number of carbonyl (C=O) groups excluding carboxylic acids is 1. The Morgan fingerprint density at radius 2 is 1.90 bits per heavy atom. The van der Waals surface area contributed by atoms with Crippen LogP contribution in [-0.2, 0) is 0 Å². The van der Waals surface area contributed by atoms with Crippen molar-refractivity contribution >= 4 is 34.2 Å². The number of rotatable bonds is 3. The molecule has 10 heteroatoms. The van der Waals surface area contributed by atoms with Crippen molar-refractivity contribution in [3.8, 4) is 11.3 Å². The fraction of sp³-hybridized carbons (Fsp3) is 0.0476. The normalized spacial score (nSPS) is 11.2. The fourth-order valence-electron chi connectivity index (χ4n) is 3.32. The van der Waals surface area contributed by atoms with Gasteiger partial charge in [0, 0.05) is 29.2 Å². The summed E-state index contributed by atoms with van der Waals surface area (Å²) in [6.45, 7) is 1.75. The van der Waals surface area contributed by atoms with Crippen LogP contribution in [0.4, 0.5) is 0 Å². The van der Waals surface area contributed by atoms with Gasteiger partial charge in [0.15, 0.2) is 0 Å². The molecule has 0 spiro atoms. The third kappa shape index (κ3) is 3.30. The van der Waals surface area contributed by atoms with Gasteiger partial charge in [-0.1, -0.05) is 23.7 Å². The first kappa shape index (κ1) is 18.9. The Morgan fingerprint density at radius 1 is 1.10 bits per heavy atom. The van der Waals surface area contributed by atoms with Gasteiger partial charge in [-0.05, 0) is 37.3 Å². The predicted molar refractivity (Wildman–Crippen MR) is 116 cm³/mol. The molecule has 0 aliphatic carbocycles. The molecule has 31 heavy (non-hydrogen) atoms. The Balaban J connectivity index is 1.75. The third-order valence-electron chi connectivity index (χ3n) is 4.70. The molecule has 0 saturated carbocycles. The zero-order valence-electron chi connectivity index (χ0n) is 16.2. The Hall–Kier alpha value is -4.11. The molecule has 0 atom stereocenters. The van der Waals surface area contributed by atoms with Gasteiger partial charge >= 0.3 is 0 Å². The fourth-order valence-corrected chi connectivity index (χ4v) is 3.44. The summed E-state index contributed by atoms with van der Waals surface area (Å²) in [5.74, 6) is 0.419. The molecule has 0 unspecified atom stereocenters. The number of pyridine rings is 2. The number of halogens is 1. The lowest BCUT2D eigenvalue weighted by Gasteiger charge is -2.12. The monoisotopic (exact) mass is 431 g/mol. The molecular weight excluding hydrogens is 418 g/mol. The van der Waals surface area contributed by atoms with Gasteiger partial charge in [-0.2, -0.15) is 9.50 Å². The second-order valence-corrected chi connectivity index (χ2v) is 7.21. The molecule has 1 amide bonds. The highest BCUT2D eigenvalue weighted by molar-refractivity contribution is 6.30. The van der Waals surface area contributed by atoms with Crippen molar-refractivity contribution in [2.24, 2.45) is 0 Å². The van der Waals surface area contributed by atoms with E-state index in [4.69, 9.17) is 11.6 Å². The number of hydrogen-bond donors (Lipinski definition) is 1. The minimum Gasteiger partial charge on any atom is -0.267 e. The van der Waals surface area contributed by atoms with Crippen molar-refractivity contribution < 1.29 is 4.79 Å². The number of benzene rings is 1. The molecule has 152 valence electrons. The van der Waals surface area contributed by atoms with Crippen molar-refractivity contribution in [2.45, 2.75) is 6.92 Å². The summed E-state index contributed by atoms with van der Waals surface area (Å²) in [5, 5.41) is 5.26. The van der Waals surface area contributed by atoms with Crippen LogP contribution in [0.15, 0.2) is 65.8 Å². The van der Waals surface area contributed by atoms with E-state index < -0.39 is 11.5 Å². The second-order valence-electron chi connectivity index (χ2n) is 6.77. The summed E-state index contributed by atoms with van der Waals surface area (Å²) >= 11 is 6.05. The maximum atomic E-state index is 13.4. The summed E-state index contributed by atoms with van der Waals surface area (Å²) in [7, 11) is 0. The lowest BCUT2D eigenvalue weighted by atomic mass is 10.1. The topological polar surface area (TPSA) is 107 Å². The van der Waals surface area contributed by atoms with Crippen LogP contribution >= 0.6 is 11.6 Å². The van der Waals surface area contributed by atoms with Crippen molar-refractivity contribution in [2.75, 3.05) is 5.43 Å². The molecule has 0 aliphatic rings. The van der Waals surface area contributed by atoms with Gasteiger partial charge in [0.25, 0.3) is 17.2 Å². The molecule has 5 aromatic rings. The first-order chi connectivity index (χ1) is 15.0. The van der Waals surface area contributed by atoms with E-state index in [1.807, 2.05) is 0 Å². The molecule has 1 N–H and O–H groups in total. The quantitative estimate of drug-likeness (QED) is 0.470. The molecule has 0 aliphatic heterocycles. The number of aromatic nitrogens is 6. The predicted octanol–water partition coefficient (Wildman–Crippen LogP) is 2.85. The minimum absolute atomic E-state index is 0.286. The zero-order valence-corrected chi connectivity index (χ0v) is 16.9. The first-order valence-corrected chi connectivity index (χ1v) is 9.65. The number of hydrogen-bond acceptors (Lipinski definition) is 6. The third-order valence-corrected chi connectivity index (χ3v) is 4.95. The van der Waals surface area contributed by atoms with Gasteiger partial charge in [0.1, 0.15) is 5.82 Å². The van der Waals surface area contributed by atoms with Crippen LogP contribution in [0, 0.1) is 6.92 Å². The largest absolute Gasteiger partial charge is 0.280 e. The molecule has 0 bridgehead atoms. The Bertz CT molecular complexity index is 1510. The highest BCUT2D eigenvalue weighted by atomic mass is 35.5. The van der Waals surface area contributed by atoms with E-state index in [2.05, 4.69) is 25.5 Å². The summed E-state index contributed by atoms with van der Waals surface area (Å²) in [6.07, 6.45) is 4.44.